The van der Waals surface area contributed by atoms with Gasteiger partial charge in [0.15, 0.2) is 0 Å². The zero-order valence-corrected chi connectivity index (χ0v) is 15.4. The predicted octanol–water partition coefficient (Wildman–Crippen LogP) is 3.63. The zero-order valence-electron chi connectivity index (χ0n) is 13.9. The van der Waals surface area contributed by atoms with Crippen molar-refractivity contribution >= 4 is 29.9 Å². The van der Waals surface area contributed by atoms with Gasteiger partial charge in [0, 0.05) is 5.02 Å². The highest BCUT2D eigenvalue weighted by Crippen LogP contribution is 2.31. The van der Waals surface area contributed by atoms with E-state index in [1.54, 1.807) is 20.1 Å². The zero-order chi connectivity index (χ0) is 17.0. The fraction of sp³-hybridized carbons (Fsp3) is 0.278. The third-order valence-electron chi connectivity index (χ3n) is 3.70. The van der Waals surface area contributed by atoms with Gasteiger partial charge in [0.2, 0.25) is 5.91 Å². The van der Waals surface area contributed by atoms with Crippen molar-refractivity contribution in [2.45, 2.75) is 25.9 Å². The minimum Gasteiger partial charge on any atom is -0.497 e. The van der Waals surface area contributed by atoms with E-state index >= 15 is 0 Å². The SMILES string of the molecule is COc1ccc(C(NC(=O)[C@H](C)N)c2ccccc2Cl)c(C)c1.Cl. The summed E-state index contributed by atoms with van der Waals surface area (Å²) in [5.41, 5.74) is 8.48. The molecule has 2 rings (SSSR count). The van der Waals surface area contributed by atoms with E-state index in [2.05, 4.69) is 5.32 Å². The van der Waals surface area contributed by atoms with Gasteiger partial charge in [-0.25, -0.2) is 0 Å². The molecule has 0 radical (unpaired) electrons. The maximum Gasteiger partial charge on any atom is 0.237 e. The van der Waals surface area contributed by atoms with Gasteiger partial charge in [0.25, 0.3) is 0 Å². The number of amides is 1. The molecule has 0 saturated carbocycles. The highest BCUT2D eigenvalue weighted by molar-refractivity contribution is 6.31. The Hall–Kier alpha value is -1.75. The van der Waals surface area contributed by atoms with Crippen LogP contribution in [0.15, 0.2) is 42.5 Å². The number of methoxy groups -OCH3 is 1. The van der Waals surface area contributed by atoms with Crippen molar-refractivity contribution in [3.05, 3.63) is 64.2 Å². The van der Waals surface area contributed by atoms with E-state index < -0.39 is 6.04 Å². The predicted molar refractivity (Wildman–Crippen MR) is 100 cm³/mol. The molecule has 0 aliphatic carbocycles. The second-order valence-corrected chi connectivity index (χ2v) is 5.88. The average molecular weight is 369 g/mol. The van der Waals surface area contributed by atoms with Crippen LogP contribution < -0.4 is 15.8 Å². The monoisotopic (exact) mass is 368 g/mol. The Kier molecular flexibility index (Phi) is 7.55. The molecule has 0 fully saturated rings. The lowest BCUT2D eigenvalue weighted by atomic mass is 9.94. The van der Waals surface area contributed by atoms with E-state index in [9.17, 15) is 4.79 Å². The molecule has 2 atom stereocenters. The molecule has 2 aromatic rings. The van der Waals surface area contributed by atoms with Crippen molar-refractivity contribution in [3.63, 3.8) is 0 Å². The second-order valence-electron chi connectivity index (χ2n) is 5.47. The van der Waals surface area contributed by atoms with Gasteiger partial charge in [-0.05, 0) is 48.7 Å². The smallest absolute Gasteiger partial charge is 0.237 e. The fourth-order valence-electron chi connectivity index (χ4n) is 2.41. The average Bonchev–Trinajstić information content (AvgIpc) is 2.53. The van der Waals surface area contributed by atoms with Crippen LogP contribution in [0, 0.1) is 6.92 Å². The number of nitrogens with one attached hydrogen (secondary N) is 1. The largest absolute Gasteiger partial charge is 0.497 e. The van der Waals surface area contributed by atoms with Crippen LogP contribution in [0.5, 0.6) is 5.75 Å². The highest BCUT2D eigenvalue weighted by Gasteiger charge is 2.22. The van der Waals surface area contributed by atoms with Crippen LogP contribution in [0.2, 0.25) is 5.02 Å². The number of carbonyl (C=O) groups excluding carboxylic acids is 1. The number of nitrogens with two attached hydrogens (primary N) is 1. The molecule has 0 aromatic heterocycles. The second kappa shape index (κ2) is 8.92. The van der Waals surface area contributed by atoms with Crippen LogP contribution in [-0.4, -0.2) is 19.1 Å². The van der Waals surface area contributed by atoms with Crippen molar-refractivity contribution in [1.29, 1.82) is 0 Å². The first-order valence-corrected chi connectivity index (χ1v) is 7.76. The normalized spacial score (nSPS) is 12.7. The van der Waals surface area contributed by atoms with E-state index in [0.29, 0.717) is 5.02 Å². The van der Waals surface area contributed by atoms with Crippen LogP contribution >= 0.6 is 24.0 Å². The molecule has 0 bridgehead atoms. The lowest BCUT2D eigenvalue weighted by molar-refractivity contribution is -0.122. The third kappa shape index (κ3) is 4.63. The summed E-state index contributed by atoms with van der Waals surface area (Å²) in [4.78, 5) is 12.1. The summed E-state index contributed by atoms with van der Waals surface area (Å²) < 4.78 is 5.25. The van der Waals surface area contributed by atoms with Crippen molar-refractivity contribution < 1.29 is 9.53 Å². The van der Waals surface area contributed by atoms with Gasteiger partial charge < -0.3 is 15.8 Å². The summed E-state index contributed by atoms with van der Waals surface area (Å²) >= 11 is 6.34. The molecule has 2 aromatic carbocycles. The van der Waals surface area contributed by atoms with Crippen molar-refractivity contribution in [2.24, 2.45) is 5.73 Å². The van der Waals surface area contributed by atoms with Crippen LogP contribution in [-0.2, 0) is 4.79 Å². The van der Waals surface area contributed by atoms with Crippen LogP contribution in [0.1, 0.15) is 29.7 Å². The number of halogens is 2. The Morgan fingerprint density at radius 3 is 2.42 bits per heavy atom. The standard InChI is InChI=1S/C18H21ClN2O2.ClH/c1-11-10-13(23-3)8-9-14(11)17(21-18(22)12(2)20)15-6-4-5-7-16(15)19;/h4-10,12,17H,20H2,1-3H3,(H,21,22);1H/t12-,17?;/m0./s1. The van der Waals surface area contributed by atoms with Crippen LogP contribution in [0.4, 0.5) is 0 Å². The minimum absolute atomic E-state index is 0. The summed E-state index contributed by atoms with van der Waals surface area (Å²) in [6.45, 7) is 3.62. The first-order valence-electron chi connectivity index (χ1n) is 7.39. The number of ether oxygens (including phenoxy) is 1. The maximum atomic E-state index is 12.1. The van der Waals surface area contributed by atoms with Gasteiger partial charge in [-0.1, -0.05) is 35.9 Å². The highest BCUT2D eigenvalue weighted by atomic mass is 35.5. The van der Waals surface area contributed by atoms with Gasteiger partial charge in [0.1, 0.15) is 5.75 Å². The number of hydrogen-bond donors (Lipinski definition) is 2. The summed E-state index contributed by atoms with van der Waals surface area (Å²) in [5.74, 6) is 0.535. The molecular formula is C18H22Cl2N2O2. The van der Waals surface area contributed by atoms with Crippen molar-refractivity contribution in [3.8, 4) is 5.75 Å². The Labute approximate surface area is 153 Å². The molecule has 4 nitrogen and oxygen atoms in total. The molecular weight excluding hydrogens is 347 g/mol. The van der Waals surface area contributed by atoms with Gasteiger partial charge in [-0.3, -0.25) is 4.79 Å². The van der Waals surface area contributed by atoms with Gasteiger partial charge in [-0.2, -0.15) is 0 Å². The molecule has 1 amide bonds. The number of aryl methyl sites for hydroxylation is 1. The van der Waals surface area contributed by atoms with E-state index in [0.717, 1.165) is 22.4 Å². The maximum absolute atomic E-state index is 12.1. The van der Waals surface area contributed by atoms with E-state index in [1.165, 1.54) is 0 Å². The van der Waals surface area contributed by atoms with E-state index in [4.69, 9.17) is 22.1 Å². The number of hydrogen-bond acceptors (Lipinski definition) is 3. The Balaban J connectivity index is 0.00000288. The summed E-state index contributed by atoms with van der Waals surface area (Å²) in [6.07, 6.45) is 0. The van der Waals surface area contributed by atoms with Crippen molar-refractivity contribution in [2.75, 3.05) is 7.11 Å². The van der Waals surface area contributed by atoms with E-state index in [-0.39, 0.29) is 24.4 Å². The molecule has 0 heterocycles. The molecule has 0 aliphatic heterocycles. The number of carbonyl (C=O) groups is 1. The Morgan fingerprint density at radius 1 is 1.21 bits per heavy atom. The lowest BCUT2D eigenvalue weighted by Crippen LogP contribution is -2.40. The van der Waals surface area contributed by atoms with Crippen molar-refractivity contribution in [1.82, 2.24) is 5.32 Å². The van der Waals surface area contributed by atoms with Gasteiger partial charge in [-0.15, -0.1) is 12.4 Å². The number of benzene rings is 2. The molecule has 130 valence electrons. The first-order chi connectivity index (χ1) is 10.9. The Morgan fingerprint density at radius 2 is 1.88 bits per heavy atom. The Bertz CT molecular complexity index is 705. The minimum atomic E-state index is -0.599. The summed E-state index contributed by atoms with van der Waals surface area (Å²) in [6, 6.07) is 12.2. The van der Waals surface area contributed by atoms with Gasteiger partial charge >= 0.3 is 0 Å². The molecule has 0 spiro atoms. The summed E-state index contributed by atoms with van der Waals surface area (Å²) in [7, 11) is 1.62. The van der Waals surface area contributed by atoms with Gasteiger partial charge in [0.05, 0.1) is 19.2 Å². The first kappa shape index (κ1) is 20.3. The molecule has 3 N–H and O–H groups in total. The lowest BCUT2D eigenvalue weighted by Gasteiger charge is -2.24. The third-order valence-corrected chi connectivity index (χ3v) is 4.05. The molecule has 0 aliphatic rings. The number of rotatable bonds is 5. The summed E-state index contributed by atoms with van der Waals surface area (Å²) in [5, 5.41) is 3.57. The fourth-order valence-corrected chi connectivity index (χ4v) is 2.65. The van der Waals surface area contributed by atoms with Crippen LogP contribution in [0.3, 0.4) is 0 Å². The molecule has 0 saturated heterocycles. The van der Waals surface area contributed by atoms with E-state index in [1.807, 2.05) is 43.3 Å². The quantitative estimate of drug-likeness (QED) is 0.846. The topological polar surface area (TPSA) is 64.3 Å². The molecule has 24 heavy (non-hydrogen) atoms. The molecule has 1 unspecified atom stereocenters. The van der Waals surface area contributed by atoms with Crippen LogP contribution in [0.25, 0.3) is 0 Å². The molecule has 6 heteroatoms.